The molecule has 1 aliphatic carbocycles. The predicted molar refractivity (Wildman–Crippen MR) is 153 cm³/mol. The van der Waals surface area contributed by atoms with E-state index in [1.54, 1.807) is 13.2 Å². The molecule has 220 valence electrons. The largest absolute Gasteiger partial charge is 0.497 e. The molecule has 0 bridgehead atoms. The second kappa shape index (κ2) is 12.4. The molecule has 1 aromatic rings. The van der Waals surface area contributed by atoms with E-state index in [1.165, 1.54) is 4.31 Å². The number of amides is 1. The molecule has 1 saturated carbocycles. The highest BCUT2D eigenvalue weighted by atomic mass is 32.2. The fourth-order valence-electron chi connectivity index (χ4n) is 6.64. The average Bonchev–Trinajstić information content (AvgIpc) is 3.00. The highest BCUT2D eigenvalue weighted by molar-refractivity contribution is 7.89. The zero-order chi connectivity index (χ0) is 28.4. The first-order valence-corrected chi connectivity index (χ1v) is 15.8. The summed E-state index contributed by atoms with van der Waals surface area (Å²) in [4.78, 5) is 20.4. The van der Waals surface area contributed by atoms with Crippen LogP contribution in [0.15, 0.2) is 17.0 Å². The van der Waals surface area contributed by atoms with Gasteiger partial charge in [-0.3, -0.25) is 9.69 Å². The second-order valence-corrected chi connectivity index (χ2v) is 14.3. The molecule has 4 rings (SSSR count). The van der Waals surface area contributed by atoms with Crippen molar-refractivity contribution in [2.24, 2.45) is 5.41 Å². The van der Waals surface area contributed by atoms with Crippen molar-refractivity contribution >= 4 is 15.9 Å². The van der Waals surface area contributed by atoms with Crippen molar-refractivity contribution in [3.05, 3.63) is 23.3 Å². The van der Waals surface area contributed by atoms with Gasteiger partial charge in [0.05, 0.1) is 18.6 Å². The molecule has 1 saturated heterocycles. The van der Waals surface area contributed by atoms with E-state index in [2.05, 4.69) is 30.7 Å². The number of benzene rings is 1. The molecule has 2 fully saturated rings. The molecule has 2 heterocycles. The molecule has 1 aromatic carbocycles. The summed E-state index contributed by atoms with van der Waals surface area (Å²) in [6, 6.07) is 4.26. The number of carbonyl (C=O) groups is 1. The number of sulfonamides is 1. The Morgan fingerprint density at radius 2 is 1.85 bits per heavy atom. The zero-order valence-electron chi connectivity index (χ0n) is 24.7. The van der Waals surface area contributed by atoms with Gasteiger partial charge < -0.3 is 19.3 Å². The smallest absolute Gasteiger partial charge is 0.248 e. The number of ether oxygens (including phenoxy) is 2. The summed E-state index contributed by atoms with van der Waals surface area (Å²) in [6.07, 6.45) is 4.54. The molecule has 2 atom stereocenters. The lowest BCUT2D eigenvalue weighted by Crippen LogP contribution is -2.55. The van der Waals surface area contributed by atoms with E-state index in [-0.39, 0.29) is 37.1 Å². The van der Waals surface area contributed by atoms with Crippen molar-refractivity contribution in [2.45, 2.75) is 69.9 Å². The average molecular weight is 565 g/mol. The summed E-state index contributed by atoms with van der Waals surface area (Å²) in [6.45, 7) is 11.6. The van der Waals surface area contributed by atoms with Gasteiger partial charge in [-0.25, -0.2) is 8.42 Å². The predicted octanol–water partition coefficient (Wildman–Crippen LogP) is 2.61. The second-order valence-electron chi connectivity index (χ2n) is 12.5. The molecule has 0 spiro atoms. The highest BCUT2D eigenvalue weighted by Gasteiger charge is 2.39. The Morgan fingerprint density at radius 1 is 1.13 bits per heavy atom. The number of nitrogens with zero attached hydrogens (tertiary/aromatic N) is 4. The van der Waals surface area contributed by atoms with E-state index in [1.807, 2.05) is 24.9 Å². The maximum atomic E-state index is 13.5. The van der Waals surface area contributed by atoms with Crippen LogP contribution in [-0.4, -0.2) is 119 Å². The quantitative estimate of drug-likeness (QED) is 0.449. The van der Waals surface area contributed by atoms with Crippen LogP contribution in [-0.2, 0) is 26.0 Å². The molecular formula is C29H48N4O5S. The van der Waals surface area contributed by atoms with Gasteiger partial charge in [0, 0.05) is 58.4 Å². The molecule has 0 aromatic heterocycles. The van der Waals surface area contributed by atoms with Gasteiger partial charge in [-0.05, 0) is 74.8 Å². The normalized spacial score (nSPS) is 26.0. The number of likely N-dealkylation sites (N-methyl/N-ethyl adjacent to an activating group) is 2. The maximum Gasteiger partial charge on any atom is 0.248 e. The van der Waals surface area contributed by atoms with Crippen LogP contribution in [0.25, 0.3) is 0 Å². The van der Waals surface area contributed by atoms with Crippen molar-refractivity contribution in [2.75, 3.05) is 73.7 Å². The lowest BCUT2D eigenvalue weighted by molar-refractivity contribution is -0.139. The third kappa shape index (κ3) is 7.14. The molecule has 0 N–H and O–H groups in total. The van der Waals surface area contributed by atoms with Crippen LogP contribution in [0, 0.1) is 12.3 Å². The van der Waals surface area contributed by atoms with Crippen molar-refractivity contribution < 1.29 is 22.7 Å². The van der Waals surface area contributed by atoms with Crippen LogP contribution in [0.5, 0.6) is 5.75 Å². The molecule has 10 heteroatoms. The molecule has 39 heavy (non-hydrogen) atoms. The summed E-state index contributed by atoms with van der Waals surface area (Å²) in [5.74, 6) is 0.638. The summed E-state index contributed by atoms with van der Waals surface area (Å²) >= 11 is 0. The number of aryl methyl sites for hydroxylation is 2. The number of carbonyl (C=O) groups excluding carboxylic acids is 1. The monoisotopic (exact) mass is 564 g/mol. The number of methoxy groups -OCH3 is 1. The van der Waals surface area contributed by atoms with E-state index in [9.17, 15) is 13.2 Å². The molecule has 0 radical (unpaired) electrons. The lowest BCUT2D eigenvalue weighted by atomic mass is 9.71. The Balaban J connectivity index is 1.31. The Hall–Kier alpha value is -1.72. The number of hydrogen-bond donors (Lipinski definition) is 0. The van der Waals surface area contributed by atoms with E-state index in [0.29, 0.717) is 35.2 Å². The van der Waals surface area contributed by atoms with Gasteiger partial charge in [-0.15, -0.1) is 0 Å². The SMILES string of the molecule is COc1cc(C)c2c(c1)CCCN(CCOCC(=O)N(C)C1CC(N3CCN(C)CC3)CC(C)(C)C1)S2(=O)=O. The van der Waals surface area contributed by atoms with E-state index in [4.69, 9.17) is 9.47 Å². The number of piperazine rings is 1. The molecule has 9 nitrogen and oxygen atoms in total. The van der Waals surface area contributed by atoms with Crippen LogP contribution in [0.3, 0.4) is 0 Å². The van der Waals surface area contributed by atoms with Crippen LogP contribution in [0.1, 0.15) is 50.7 Å². The van der Waals surface area contributed by atoms with Crippen molar-refractivity contribution in [3.63, 3.8) is 0 Å². The lowest BCUT2D eigenvalue weighted by Gasteiger charge is -2.48. The van der Waals surface area contributed by atoms with Crippen LogP contribution in [0.4, 0.5) is 0 Å². The summed E-state index contributed by atoms with van der Waals surface area (Å²) < 4.78 is 39.6. The van der Waals surface area contributed by atoms with E-state index >= 15 is 0 Å². The number of fused-ring (bicyclic) bond motifs is 1. The molecule has 1 amide bonds. The first kappa shape index (κ1) is 30.2. The number of rotatable bonds is 8. The van der Waals surface area contributed by atoms with Gasteiger partial charge in [-0.2, -0.15) is 4.31 Å². The topological polar surface area (TPSA) is 82.6 Å². The Labute approximate surface area is 235 Å². The van der Waals surface area contributed by atoms with Gasteiger partial charge in [0.2, 0.25) is 15.9 Å². The Bertz CT molecular complexity index is 1120. The minimum atomic E-state index is -3.65. The Kier molecular flexibility index (Phi) is 9.64. The summed E-state index contributed by atoms with van der Waals surface area (Å²) in [5.41, 5.74) is 1.67. The highest BCUT2D eigenvalue weighted by Crippen LogP contribution is 2.39. The van der Waals surface area contributed by atoms with Gasteiger partial charge in [0.1, 0.15) is 12.4 Å². The Morgan fingerprint density at radius 3 is 2.54 bits per heavy atom. The maximum absolute atomic E-state index is 13.5. The van der Waals surface area contributed by atoms with Crippen LogP contribution >= 0.6 is 0 Å². The van der Waals surface area contributed by atoms with Crippen molar-refractivity contribution in [1.82, 2.24) is 19.0 Å². The van der Waals surface area contributed by atoms with Crippen molar-refractivity contribution in [3.8, 4) is 5.75 Å². The number of hydrogen-bond acceptors (Lipinski definition) is 7. The molecule has 2 aliphatic heterocycles. The van der Waals surface area contributed by atoms with Gasteiger partial charge >= 0.3 is 0 Å². The fraction of sp³-hybridized carbons (Fsp3) is 0.759. The molecule has 2 unspecified atom stereocenters. The first-order valence-electron chi connectivity index (χ1n) is 14.3. The minimum absolute atomic E-state index is 0.0344. The summed E-state index contributed by atoms with van der Waals surface area (Å²) in [5, 5.41) is 0. The molecule has 3 aliphatic rings. The van der Waals surface area contributed by atoms with Crippen LogP contribution < -0.4 is 4.74 Å². The van der Waals surface area contributed by atoms with Gasteiger partial charge in [-0.1, -0.05) is 13.8 Å². The fourth-order valence-corrected chi connectivity index (χ4v) is 8.54. The third-order valence-electron chi connectivity index (χ3n) is 8.84. The van der Waals surface area contributed by atoms with Gasteiger partial charge in [0.15, 0.2) is 0 Å². The van der Waals surface area contributed by atoms with E-state index < -0.39 is 10.0 Å². The third-order valence-corrected chi connectivity index (χ3v) is 11.0. The van der Waals surface area contributed by atoms with Crippen LogP contribution in [0.2, 0.25) is 0 Å². The first-order chi connectivity index (χ1) is 18.4. The standard InChI is InChI=1S/C29H48N4O5S/c1-22-16-26(37-6)17-23-8-7-9-33(39(35,36)28(22)23)14-15-38-21-27(34)31(5)24-18-25(20-29(2,3)19-24)32-12-10-30(4)11-13-32/h16-17,24-25H,7-15,18-21H2,1-6H3. The van der Waals surface area contributed by atoms with E-state index in [0.717, 1.165) is 57.4 Å². The summed E-state index contributed by atoms with van der Waals surface area (Å²) in [7, 11) is 2.02. The van der Waals surface area contributed by atoms with Crippen molar-refractivity contribution in [1.29, 1.82) is 0 Å². The minimum Gasteiger partial charge on any atom is -0.497 e. The zero-order valence-corrected chi connectivity index (χ0v) is 25.6. The molecular weight excluding hydrogens is 516 g/mol. The van der Waals surface area contributed by atoms with Gasteiger partial charge in [0.25, 0.3) is 0 Å².